The third kappa shape index (κ3) is 2.69. The van der Waals surface area contributed by atoms with Gasteiger partial charge in [-0.15, -0.1) is 0 Å². The zero-order valence-electron chi connectivity index (χ0n) is 11.0. The van der Waals surface area contributed by atoms with Crippen LogP contribution in [-0.2, 0) is 6.18 Å². The highest BCUT2D eigenvalue weighted by Crippen LogP contribution is 2.33. The normalized spacial score (nSPS) is 11.6. The van der Waals surface area contributed by atoms with Gasteiger partial charge in [0, 0.05) is 18.0 Å². The van der Waals surface area contributed by atoms with E-state index < -0.39 is 17.6 Å². The molecule has 3 rings (SSSR count). The number of halogens is 4. The summed E-state index contributed by atoms with van der Waals surface area (Å²) in [6.45, 7) is 0. The van der Waals surface area contributed by atoms with Crippen LogP contribution in [0.3, 0.4) is 0 Å². The maximum Gasteiger partial charge on any atom is 0.416 e. The smallest absolute Gasteiger partial charge is 0.338 e. The standard InChI is InChI=1S/C15H9F4N3/c16-12-4-3-10(15(17,18)19)6-11(12)14-21-8-13(22-14)9-2-1-5-20-7-9/h1-8H,(H,21,22). The summed E-state index contributed by atoms with van der Waals surface area (Å²) in [6.07, 6.45) is 0.0420. The lowest BCUT2D eigenvalue weighted by Crippen LogP contribution is -2.05. The number of nitrogens with one attached hydrogen (secondary N) is 1. The van der Waals surface area contributed by atoms with E-state index in [4.69, 9.17) is 0 Å². The van der Waals surface area contributed by atoms with Crippen LogP contribution in [0.2, 0.25) is 0 Å². The number of pyridine rings is 1. The molecule has 2 aromatic heterocycles. The monoisotopic (exact) mass is 307 g/mol. The van der Waals surface area contributed by atoms with E-state index in [1.165, 1.54) is 6.20 Å². The van der Waals surface area contributed by atoms with Crippen molar-refractivity contribution in [2.45, 2.75) is 6.18 Å². The first-order valence-electron chi connectivity index (χ1n) is 6.27. The Hall–Kier alpha value is -2.70. The van der Waals surface area contributed by atoms with E-state index in [2.05, 4.69) is 15.0 Å². The van der Waals surface area contributed by atoms with Gasteiger partial charge >= 0.3 is 6.18 Å². The number of benzene rings is 1. The summed E-state index contributed by atoms with van der Waals surface area (Å²) in [5.41, 5.74) is 0.0849. The van der Waals surface area contributed by atoms with Crippen LogP contribution in [0.5, 0.6) is 0 Å². The minimum absolute atomic E-state index is 0.0300. The molecular formula is C15H9F4N3. The van der Waals surface area contributed by atoms with Gasteiger partial charge in [0.2, 0.25) is 0 Å². The van der Waals surface area contributed by atoms with E-state index in [0.29, 0.717) is 17.3 Å². The number of aromatic amines is 1. The molecule has 0 aliphatic rings. The number of nitrogens with zero attached hydrogens (tertiary/aromatic N) is 2. The quantitative estimate of drug-likeness (QED) is 0.717. The Morgan fingerprint density at radius 3 is 2.55 bits per heavy atom. The Kier molecular flexibility index (Phi) is 3.40. The van der Waals surface area contributed by atoms with Crippen molar-refractivity contribution in [3.63, 3.8) is 0 Å². The molecule has 0 aliphatic heterocycles. The maximum atomic E-state index is 13.8. The average Bonchev–Trinajstić information content (AvgIpc) is 2.97. The van der Waals surface area contributed by atoms with Gasteiger partial charge in [-0.25, -0.2) is 9.37 Å². The van der Waals surface area contributed by atoms with Gasteiger partial charge in [-0.3, -0.25) is 4.98 Å². The van der Waals surface area contributed by atoms with Gasteiger partial charge in [0.15, 0.2) is 0 Å². The molecule has 3 nitrogen and oxygen atoms in total. The summed E-state index contributed by atoms with van der Waals surface area (Å²) < 4.78 is 52.0. The molecule has 0 fully saturated rings. The Bertz CT molecular complexity index is 794. The summed E-state index contributed by atoms with van der Waals surface area (Å²) in [6, 6.07) is 5.68. The van der Waals surface area contributed by atoms with Crippen molar-refractivity contribution in [1.29, 1.82) is 0 Å². The fourth-order valence-corrected chi connectivity index (χ4v) is 2.01. The molecule has 0 saturated carbocycles. The van der Waals surface area contributed by atoms with Crippen molar-refractivity contribution < 1.29 is 17.6 Å². The SMILES string of the molecule is Fc1ccc(C(F)(F)F)cc1-c1ncc(-c2cccnc2)[nH]1. The molecule has 1 aromatic carbocycles. The van der Waals surface area contributed by atoms with E-state index >= 15 is 0 Å². The molecule has 22 heavy (non-hydrogen) atoms. The fourth-order valence-electron chi connectivity index (χ4n) is 2.01. The third-order valence-corrected chi connectivity index (χ3v) is 3.10. The molecule has 0 amide bonds. The lowest BCUT2D eigenvalue weighted by molar-refractivity contribution is -0.137. The summed E-state index contributed by atoms with van der Waals surface area (Å²) in [5.74, 6) is -0.748. The minimum Gasteiger partial charge on any atom is -0.338 e. The molecule has 0 saturated heterocycles. The number of hydrogen-bond acceptors (Lipinski definition) is 2. The fraction of sp³-hybridized carbons (Fsp3) is 0.0667. The minimum atomic E-state index is -4.54. The Labute approximate surface area is 122 Å². The highest BCUT2D eigenvalue weighted by molar-refractivity contribution is 5.64. The molecule has 7 heteroatoms. The van der Waals surface area contributed by atoms with E-state index in [0.717, 1.165) is 12.1 Å². The average molecular weight is 307 g/mol. The largest absolute Gasteiger partial charge is 0.416 e. The molecule has 2 heterocycles. The van der Waals surface area contributed by atoms with Crippen LogP contribution >= 0.6 is 0 Å². The molecule has 0 bridgehead atoms. The first kappa shape index (κ1) is 14.2. The highest BCUT2D eigenvalue weighted by atomic mass is 19.4. The molecule has 0 spiro atoms. The number of rotatable bonds is 2. The Balaban J connectivity index is 2.04. The van der Waals surface area contributed by atoms with Crippen molar-refractivity contribution in [3.8, 4) is 22.6 Å². The second-order valence-electron chi connectivity index (χ2n) is 4.58. The summed E-state index contributed by atoms with van der Waals surface area (Å²) in [7, 11) is 0. The Morgan fingerprint density at radius 1 is 1.05 bits per heavy atom. The van der Waals surface area contributed by atoms with Crippen LogP contribution in [-0.4, -0.2) is 15.0 Å². The highest BCUT2D eigenvalue weighted by Gasteiger charge is 2.31. The van der Waals surface area contributed by atoms with Gasteiger partial charge in [0.05, 0.1) is 23.0 Å². The number of imidazole rings is 1. The van der Waals surface area contributed by atoms with Crippen LogP contribution < -0.4 is 0 Å². The van der Waals surface area contributed by atoms with E-state index in [1.54, 1.807) is 24.5 Å². The van der Waals surface area contributed by atoms with Crippen LogP contribution in [0.4, 0.5) is 17.6 Å². The number of alkyl halides is 3. The molecule has 112 valence electrons. The van der Waals surface area contributed by atoms with Gasteiger partial charge in [-0.05, 0) is 30.3 Å². The van der Waals surface area contributed by atoms with Crippen LogP contribution in [0.25, 0.3) is 22.6 Å². The van der Waals surface area contributed by atoms with Crippen molar-refractivity contribution in [2.24, 2.45) is 0 Å². The van der Waals surface area contributed by atoms with Gasteiger partial charge < -0.3 is 4.98 Å². The van der Waals surface area contributed by atoms with Crippen molar-refractivity contribution >= 4 is 0 Å². The van der Waals surface area contributed by atoms with E-state index in [9.17, 15) is 17.6 Å². The lowest BCUT2D eigenvalue weighted by Gasteiger charge is -2.08. The van der Waals surface area contributed by atoms with Crippen molar-refractivity contribution in [3.05, 3.63) is 60.3 Å². The van der Waals surface area contributed by atoms with Gasteiger partial charge in [0.1, 0.15) is 11.6 Å². The Morgan fingerprint density at radius 2 is 1.86 bits per heavy atom. The van der Waals surface area contributed by atoms with Crippen LogP contribution in [0.1, 0.15) is 5.56 Å². The van der Waals surface area contributed by atoms with E-state index in [1.807, 2.05) is 0 Å². The van der Waals surface area contributed by atoms with Gasteiger partial charge in [-0.2, -0.15) is 13.2 Å². The lowest BCUT2D eigenvalue weighted by atomic mass is 10.1. The van der Waals surface area contributed by atoms with Gasteiger partial charge in [-0.1, -0.05) is 0 Å². The number of H-pyrrole nitrogens is 1. The summed E-state index contributed by atoms with van der Waals surface area (Å²) >= 11 is 0. The first-order chi connectivity index (χ1) is 10.4. The van der Waals surface area contributed by atoms with Crippen LogP contribution in [0.15, 0.2) is 48.9 Å². The van der Waals surface area contributed by atoms with Gasteiger partial charge in [0.25, 0.3) is 0 Å². The predicted molar refractivity (Wildman–Crippen MR) is 72.2 cm³/mol. The molecule has 0 unspecified atom stereocenters. The zero-order valence-corrected chi connectivity index (χ0v) is 11.0. The summed E-state index contributed by atoms with van der Waals surface area (Å²) in [4.78, 5) is 10.7. The first-order valence-corrected chi connectivity index (χ1v) is 6.27. The molecule has 3 aromatic rings. The van der Waals surface area contributed by atoms with Crippen molar-refractivity contribution in [1.82, 2.24) is 15.0 Å². The predicted octanol–water partition coefficient (Wildman–Crippen LogP) is 4.30. The molecule has 0 radical (unpaired) electrons. The maximum absolute atomic E-state index is 13.8. The molecular weight excluding hydrogens is 298 g/mol. The molecule has 0 atom stereocenters. The third-order valence-electron chi connectivity index (χ3n) is 3.10. The molecule has 1 N–H and O–H groups in total. The number of aromatic nitrogens is 3. The van der Waals surface area contributed by atoms with Crippen molar-refractivity contribution in [2.75, 3.05) is 0 Å². The zero-order chi connectivity index (χ0) is 15.7. The second-order valence-corrected chi connectivity index (χ2v) is 4.58. The summed E-state index contributed by atoms with van der Waals surface area (Å²) in [5, 5.41) is 0. The van der Waals surface area contributed by atoms with Crippen LogP contribution in [0, 0.1) is 5.82 Å². The molecule has 0 aliphatic carbocycles. The topological polar surface area (TPSA) is 41.6 Å². The van der Waals surface area contributed by atoms with E-state index in [-0.39, 0.29) is 11.4 Å². The second kappa shape index (κ2) is 5.25. The number of hydrogen-bond donors (Lipinski definition) is 1.